The number of imide groups is 1. The topological polar surface area (TPSA) is 86.7 Å². The number of aliphatic carboxylic acids is 1. The van der Waals surface area contributed by atoms with Gasteiger partial charge in [0.1, 0.15) is 0 Å². The molecule has 4 rings (SSSR count). The molecule has 1 aliphatic heterocycles. The average Bonchev–Trinajstić information content (AvgIpc) is 3.00. The largest absolute Gasteiger partial charge is 0.481 e. The van der Waals surface area contributed by atoms with Gasteiger partial charge in [0.15, 0.2) is 5.54 Å². The molecule has 0 aromatic heterocycles. The number of carboxylic acids is 1. The van der Waals surface area contributed by atoms with Gasteiger partial charge in [-0.3, -0.25) is 9.59 Å². The number of benzene rings is 3. The highest BCUT2D eigenvalue weighted by atomic mass is 16.4. The predicted octanol–water partition coefficient (Wildman–Crippen LogP) is 3.31. The zero-order chi connectivity index (χ0) is 20.4. The van der Waals surface area contributed by atoms with E-state index in [9.17, 15) is 19.5 Å². The van der Waals surface area contributed by atoms with Crippen molar-refractivity contribution in [3.63, 3.8) is 0 Å². The number of carbonyl (C=O) groups is 3. The number of hydrogen-bond acceptors (Lipinski definition) is 3. The summed E-state index contributed by atoms with van der Waals surface area (Å²) in [6.07, 6.45) is -0.295. The number of hydrogen-bond donors (Lipinski definition) is 2. The highest BCUT2D eigenvalue weighted by Gasteiger charge is 2.54. The molecule has 0 unspecified atom stereocenters. The van der Waals surface area contributed by atoms with E-state index in [1.54, 1.807) is 72.8 Å². The number of amides is 3. The highest BCUT2D eigenvalue weighted by Crippen LogP contribution is 2.38. The van der Waals surface area contributed by atoms with Crippen molar-refractivity contribution in [2.75, 3.05) is 4.90 Å². The fourth-order valence-corrected chi connectivity index (χ4v) is 3.72. The summed E-state index contributed by atoms with van der Waals surface area (Å²) in [5.74, 6) is -1.51. The van der Waals surface area contributed by atoms with Crippen LogP contribution in [0.15, 0.2) is 84.9 Å². The van der Waals surface area contributed by atoms with Crippen molar-refractivity contribution in [1.82, 2.24) is 5.32 Å². The zero-order valence-corrected chi connectivity index (χ0v) is 15.4. The van der Waals surface area contributed by atoms with Crippen molar-refractivity contribution in [2.24, 2.45) is 0 Å². The second-order valence-corrected chi connectivity index (χ2v) is 6.75. The van der Waals surface area contributed by atoms with Crippen LogP contribution in [0.25, 0.3) is 0 Å². The monoisotopic (exact) mass is 386 g/mol. The van der Waals surface area contributed by atoms with Gasteiger partial charge in [-0.2, -0.15) is 0 Å². The van der Waals surface area contributed by atoms with E-state index in [1.165, 1.54) is 0 Å². The maximum Gasteiger partial charge on any atom is 0.330 e. The fraction of sp³-hybridized carbons (Fsp3) is 0.0870. The first-order valence-electron chi connectivity index (χ1n) is 9.11. The first kappa shape index (κ1) is 18.4. The lowest BCUT2D eigenvalue weighted by Gasteiger charge is -2.28. The van der Waals surface area contributed by atoms with E-state index in [1.807, 2.05) is 12.1 Å². The Labute approximate surface area is 167 Å². The SMILES string of the molecule is O=C(O)Cc1ccccc1N1C(=O)NC(c2ccccc2)(c2ccccc2)C1=O. The van der Waals surface area contributed by atoms with Gasteiger partial charge in [0.05, 0.1) is 12.1 Å². The van der Waals surface area contributed by atoms with E-state index < -0.39 is 23.4 Å². The lowest BCUT2D eigenvalue weighted by Crippen LogP contribution is -2.45. The smallest absolute Gasteiger partial charge is 0.330 e. The van der Waals surface area contributed by atoms with Gasteiger partial charge in [0, 0.05) is 0 Å². The normalized spacial score (nSPS) is 15.2. The number of anilines is 1. The summed E-state index contributed by atoms with van der Waals surface area (Å²) in [4.78, 5) is 39.1. The molecule has 1 aliphatic rings. The van der Waals surface area contributed by atoms with E-state index in [0.717, 1.165) is 4.90 Å². The highest BCUT2D eigenvalue weighted by molar-refractivity contribution is 6.25. The number of carbonyl (C=O) groups excluding carboxylic acids is 2. The van der Waals surface area contributed by atoms with Crippen LogP contribution in [0.4, 0.5) is 10.5 Å². The fourth-order valence-electron chi connectivity index (χ4n) is 3.72. The van der Waals surface area contributed by atoms with Crippen LogP contribution in [-0.4, -0.2) is 23.0 Å². The second-order valence-electron chi connectivity index (χ2n) is 6.75. The Morgan fingerprint density at radius 1 is 0.828 bits per heavy atom. The molecule has 3 amide bonds. The Morgan fingerprint density at radius 3 is 1.90 bits per heavy atom. The van der Waals surface area contributed by atoms with Gasteiger partial charge in [-0.1, -0.05) is 78.9 Å². The molecule has 0 aliphatic carbocycles. The molecule has 6 nitrogen and oxygen atoms in total. The van der Waals surface area contributed by atoms with Crippen LogP contribution < -0.4 is 10.2 Å². The minimum atomic E-state index is -1.39. The summed E-state index contributed by atoms with van der Waals surface area (Å²) in [7, 11) is 0. The molecule has 3 aromatic carbocycles. The molecule has 6 heteroatoms. The molecule has 1 heterocycles. The van der Waals surface area contributed by atoms with Crippen molar-refractivity contribution in [3.8, 4) is 0 Å². The van der Waals surface area contributed by atoms with Crippen molar-refractivity contribution in [1.29, 1.82) is 0 Å². The van der Waals surface area contributed by atoms with Crippen molar-refractivity contribution < 1.29 is 19.5 Å². The molecule has 0 radical (unpaired) electrons. The number of urea groups is 1. The number of carboxylic acid groups (broad SMARTS) is 1. The molecule has 1 fully saturated rings. The summed E-state index contributed by atoms with van der Waals surface area (Å²) >= 11 is 0. The summed E-state index contributed by atoms with van der Waals surface area (Å²) in [6, 6.07) is 24.0. The van der Waals surface area contributed by atoms with Gasteiger partial charge < -0.3 is 10.4 Å². The maximum atomic E-state index is 13.8. The second kappa shape index (κ2) is 7.24. The summed E-state index contributed by atoms with van der Waals surface area (Å²) in [5, 5.41) is 12.1. The van der Waals surface area contributed by atoms with Crippen LogP contribution in [0.1, 0.15) is 16.7 Å². The van der Waals surface area contributed by atoms with Gasteiger partial charge in [-0.25, -0.2) is 9.69 Å². The zero-order valence-electron chi connectivity index (χ0n) is 15.4. The van der Waals surface area contributed by atoms with Gasteiger partial charge in [0.25, 0.3) is 5.91 Å². The molecule has 0 bridgehead atoms. The van der Waals surface area contributed by atoms with Gasteiger partial charge in [-0.05, 0) is 22.8 Å². The van der Waals surface area contributed by atoms with Crippen LogP contribution >= 0.6 is 0 Å². The minimum Gasteiger partial charge on any atom is -0.481 e. The van der Waals surface area contributed by atoms with E-state index in [-0.39, 0.29) is 12.1 Å². The number of nitrogens with one attached hydrogen (secondary N) is 1. The standard InChI is InChI=1S/C23H18N2O4/c26-20(27)15-16-9-7-8-14-19(16)25-21(28)23(24-22(25)29,17-10-3-1-4-11-17)18-12-5-2-6-13-18/h1-14H,15H2,(H,24,29)(H,26,27). The van der Waals surface area contributed by atoms with Gasteiger partial charge in [-0.15, -0.1) is 0 Å². The average molecular weight is 386 g/mol. The van der Waals surface area contributed by atoms with Crippen molar-refractivity contribution in [3.05, 3.63) is 102 Å². The predicted molar refractivity (Wildman–Crippen MR) is 107 cm³/mol. The maximum absolute atomic E-state index is 13.8. The first-order valence-corrected chi connectivity index (χ1v) is 9.11. The first-order chi connectivity index (χ1) is 14.0. The van der Waals surface area contributed by atoms with Crippen LogP contribution in [0.2, 0.25) is 0 Å². The van der Waals surface area contributed by atoms with Crippen LogP contribution in [0.3, 0.4) is 0 Å². The Balaban J connectivity index is 1.89. The van der Waals surface area contributed by atoms with E-state index in [2.05, 4.69) is 5.32 Å². The Bertz CT molecular complexity index is 1040. The summed E-state index contributed by atoms with van der Waals surface area (Å²) in [6.45, 7) is 0. The molecular formula is C23H18N2O4. The summed E-state index contributed by atoms with van der Waals surface area (Å²) in [5.41, 5.74) is 0.521. The van der Waals surface area contributed by atoms with Crippen LogP contribution in [0.5, 0.6) is 0 Å². The Morgan fingerprint density at radius 2 is 1.34 bits per heavy atom. The molecule has 2 N–H and O–H groups in total. The van der Waals surface area contributed by atoms with Crippen molar-refractivity contribution in [2.45, 2.75) is 12.0 Å². The lowest BCUT2D eigenvalue weighted by molar-refractivity contribution is -0.136. The molecule has 0 spiro atoms. The van der Waals surface area contributed by atoms with Crippen LogP contribution in [-0.2, 0) is 21.5 Å². The van der Waals surface area contributed by atoms with Gasteiger partial charge in [0.2, 0.25) is 0 Å². The molecular weight excluding hydrogens is 368 g/mol. The third kappa shape index (κ3) is 3.04. The molecule has 0 saturated carbocycles. The minimum absolute atomic E-state index is 0.270. The third-order valence-corrected chi connectivity index (χ3v) is 5.01. The quantitative estimate of drug-likeness (QED) is 0.659. The third-order valence-electron chi connectivity index (χ3n) is 5.01. The number of nitrogens with zero attached hydrogens (tertiary/aromatic N) is 1. The summed E-state index contributed by atoms with van der Waals surface area (Å²) < 4.78 is 0. The van der Waals surface area contributed by atoms with E-state index in [0.29, 0.717) is 16.7 Å². The van der Waals surface area contributed by atoms with E-state index in [4.69, 9.17) is 0 Å². The van der Waals surface area contributed by atoms with E-state index >= 15 is 0 Å². The molecule has 3 aromatic rings. The molecule has 1 saturated heterocycles. The van der Waals surface area contributed by atoms with Gasteiger partial charge >= 0.3 is 12.0 Å². The Kier molecular flexibility index (Phi) is 4.60. The molecule has 0 atom stereocenters. The Hall–Kier alpha value is -3.93. The molecule has 29 heavy (non-hydrogen) atoms. The lowest BCUT2D eigenvalue weighted by atomic mass is 9.82. The molecule has 144 valence electrons. The van der Waals surface area contributed by atoms with Crippen LogP contribution in [0, 0.1) is 0 Å². The number of para-hydroxylation sites is 1. The van der Waals surface area contributed by atoms with Crippen molar-refractivity contribution >= 4 is 23.6 Å². The number of rotatable bonds is 5.